The van der Waals surface area contributed by atoms with E-state index in [9.17, 15) is 4.79 Å². The predicted octanol–water partition coefficient (Wildman–Crippen LogP) is 0.616. The highest BCUT2D eigenvalue weighted by Gasteiger charge is 2.30. The number of amides is 1. The Morgan fingerprint density at radius 3 is 2.24 bits per heavy atom. The first-order chi connectivity index (χ1) is 8.13. The minimum Gasteiger partial charge on any atom is -0.497 e. The van der Waals surface area contributed by atoms with Gasteiger partial charge in [0.05, 0.1) is 14.2 Å². The molecule has 2 N–H and O–H groups in total. The number of nitrogens with zero attached hydrogens (tertiary/aromatic N) is 1. The summed E-state index contributed by atoms with van der Waals surface area (Å²) < 4.78 is 15.3. The van der Waals surface area contributed by atoms with E-state index in [0.29, 0.717) is 17.1 Å². The minimum atomic E-state index is -0.820. The maximum Gasteiger partial charge on any atom is 0.296 e. The first kappa shape index (κ1) is 11.3. The molecule has 1 aromatic carbocycles. The Hall–Kier alpha value is -2.24. The fourth-order valence-corrected chi connectivity index (χ4v) is 1.56. The number of rotatable bonds is 3. The molecule has 0 fully saturated rings. The highest BCUT2D eigenvalue weighted by molar-refractivity contribution is 5.98. The largest absolute Gasteiger partial charge is 0.497 e. The second-order valence-corrected chi connectivity index (χ2v) is 3.43. The van der Waals surface area contributed by atoms with Gasteiger partial charge in [0.2, 0.25) is 6.10 Å². The van der Waals surface area contributed by atoms with Gasteiger partial charge in [-0.15, -0.1) is 0 Å². The van der Waals surface area contributed by atoms with Crippen LogP contribution in [0.15, 0.2) is 23.2 Å². The lowest BCUT2D eigenvalue weighted by atomic mass is 10.1. The number of benzene rings is 1. The Morgan fingerprint density at radius 2 is 1.82 bits per heavy atom. The number of nitrogens with two attached hydrogens (primary N) is 1. The summed E-state index contributed by atoms with van der Waals surface area (Å²) in [6.45, 7) is 0. The Morgan fingerprint density at radius 1 is 1.24 bits per heavy atom. The van der Waals surface area contributed by atoms with Gasteiger partial charge in [-0.05, 0) is 12.1 Å². The number of carbonyl (C=O) groups excluding carboxylic acids is 1. The standard InChI is InChI=1S/C11H12N2O4/c1-15-7-3-6(4-8(5-7)16-2)9-10(14)13-11(12)17-9/h3-5,9H,1-2H3,(H2,12,13,14). The van der Waals surface area contributed by atoms with Crippen LogP contribution in [0.3, 0.4) is 0 Å². The summed E-state index contributed by atoms with van der Waals surface area (Å²) in [5.41, 5.74) is 5.93. The van der Waals surface area contributed by atoms with E-state index in [1.807, 2.05) is 0 Å². The van der Waals surface area contributed by atoms with Gasteiger partial charge in [-0.25, -0.2) is 0 Å². The molecule has 0 saturated heterocycles. The molecule has 1 atom stereocenters. The molecular formula is C11H12N2O4. The average Bonchev–Trinajstić information content (AvgIpc) is 2.67. The van der Waals surface area contributed by atoms with Crippen molar-refractivity contribution in [2.75, 3.05) is 14.2 Å². The second kappa shape index (κ2) is 4.32. The summed E-state index contributed by atoms with van der Waals surface area (Å²) in [6, 6.07) is 4.94. The monoisotopic (exact) mass is 236 g/mol. The molecule has 17 heavy (non-hydrogen) atoms. The molecule has 0 aliphatic carbocycles. The predicted molar refractivity (Wildman–Crippen MR) is 60.0 cm³/mol. The molecule has 6 heteroatoms. The SMILES string of the molecule is COc1cc(OC)cc(C2OC(N)=NC2=O)c1. The molecular weight excluding hydrogens is 224 g/mol. The maximum absolute atomic E-state index is 11.5. The van der Waals surface area contributed by atoms with Gasteiger partial charge in [-0.3, -0.25) is 4.79 Å². The number of methoxy groups -OCH3 is 2. The third-order valence-electron chi connectivity index (χ3n) is 2.36. The average molecular weight is 236 g/mol. The minimum absolute atomic E-state index is 0.123. The fraction of sp³-hybridized carbons (Fsp3) is 0.273. The molecule has 1 aliphatic rings. The molecule has 1 unspecified atom stereocenters. The highest BCUT2D eigenvalue weighted by atomic mass is 16.5. The van der Waals surface area contributed by atoms with E-state index >= 15 is 0 Å². The molecule has 1 heterocycles. The summed E-state index contributed by atoms with van der Waals surface area (Å²) in [7, 11) is 3.06. The zero-order valence-corrected chi connectivity index (χ0v) is 9.47. The topological polar surface area (TPSA) is 83.1 Å². The Labute approximate surface area is 98.0 Å². The molecule has 0 saturated carbocycles. The van der Waals surface area contributed by atoms with Crippen LogP contribution in [0, 0.1) is 0 Å². The molecule has 1 aliphatic heterocycles. The van der Waals surface area contributed by atoms with Gasteiger partial charge in [0.1, 0.15) is 11.5 Å². The van der Waals surface area contributed by atoms with Gasteiger partial charge in [-0.2, -0.15) is 4.99 Å². The van der Waals surface area contributed by atoms with E-state index in [1.165, 1.54) is 14.2 Å². The molecule has 0 aromatic heterocycles. The van der Waals surface area contributed by atoms with Crippen LogP contribution in [0.2, 0.25) is 0 Å². The molecule has 1 aromatic rings. The van der Waals surface area contributed by atoms with E-state index in [1.54, 1.807) is 18.2 Å². The summed E-state index contributed by atoms with van der Waals surface area (Å²) in [6.07, 6.45) is -0.820. The van der Waals surface area contributed by atoms with Gasteiger partial charge in [0.25, 0.3) is 11.9 Å². The van der Waals surface area contributed by atoms with E-state index in [2.05, 4.69) is 4.99 Å². The lowest BCUT2D eigenvalue weighted by molar-refractivity contribution is -0.122. The first-order valence-corrected chi connectivity index (χ1v) is 4.91. The number of aliphatic imine (C=N–C) groups is 1. The van der Waals surface area contributed by atoms with Crippen molar-refractivity contribution in [2.24, 2.45) is 10.7 Å². The third-order valence-corrected chi connectivity index (χ3v) is 2.36. The highest BCUT2D eigenvalue weighted by Crippen LogP contribution is 2.30. The Balaban J connectivity index is 2.35. The third kappa shape index (κ3) is 2.15. The van der Waals surface area contributed by atoms with Crippen LogP contribution in [0.1, 0.15) is 11.7 Å². The van der Waals surface area contributed by atoms with Crippen LogP contribution in [0.4, 0.5) is 0 Å². The van der Waals surface area contributed by atoms with Crippen molar-refractivity contribution in [1.82, 2.24) is 0 Å². The number of carbonyl (C=O) groups is 1. The van der Waals surface area contributed by atoms with Gasteiger partial charge in [0.15, 0.2) is 0 Å². The zero-order valence-electron chi connectivity index (χ0n) is 9.47. The summed E-state index contributed by atoms with van der Waals surface area (Å²) in [5, 5.41) is 0. The van der Waals surface area contributed by atoms with Crippen molar-refractivity contribution in [3.63, 3.8) is 0 Å². The molecule has 90 valence electrons. The smallest absolute Gasteiger partial charge is 0.296 e. The normalized spacial score (nSPS) is 18.6. The molecule has 2 rings (SSSR count). The molecule has 0 bridgehead atoms. The lowest BCUT2D eigenvalue weighted by Crippen LogP contribution is -2.14. The summed E-state index contributed by atoms with van der Waals surface area (Å²) >= 11 is 0. The Bertz CT molecular complexity index is 462. The van der Waals surface area contributed by atoms with Crippen molar-refractivity contribution in [1.29, 1.82) is 0 Å². The molecule has 0 radical (unpaired) electrons. The quantitative estimate of drug-likeness (QED) is 0.831. The van der Waals surface area contributed by atoms with Crippen molar-refractivity contribution in [2.45, 2.75) is 6.10 Å². The number of amidine groups is 1. The van der Waals surface area contributed by atoms with Crippen LogP contribution in [0.25, 0.3) is 0 Å². The Kier molecular flexibility index (Phi) is 2.86. The van der Waals surface area contributed by atoms with E-state index in [0.717, 1.165) is 0 Å². The van der Waals surface area contributed by atoms with E-state index in [-0.39, 0.29) is 6.02 Å². The lowest BCUT2D eigenvalue weighted by Gasteiger charge is -2.12. The summed E-state index contributed by atoms with van der Waals surface area (Å²) in [4.78, 5) is 15.0. The fourth-order valence-electron chi connectivity index (χ4n) is 1.56. The van der Waals surface area contributed by atoms with E-state index in [4.69, 9.17) is 19.9 Å². The van der Waals surface area contributed by atoms with Crippen LogP contribution >= 0.6 is 0 Å². The van der Waals surface area contributed by atoms with Gasteiger partial charge in [-0.1, -0.05) is 0 Å². The van der Waals surface area contributed by atoms with Crippen molar-refractivity contribution < 1.29 is 19.0 Å². The van der Waals surface area contributed by atoms with E-state index < -0.39 is 12.0 Å². The molecule has 6 nitrogen and oxygen atoms in total. The summed E-state index contributed by atoms with van der Waals surface area (Å²) in [5.74, 6) is 0.709. The molecule has 0 spiro atoms. The second-order valence-electron chi connectivity index (χ2n) is 3.43. The molecule has 1 amide bonds. The van der Waals surface area contributed by atoms with Gasteiger partial charge < -0.3 is 19.9 Å². The number of hydrogen-bond donors (Lipinski definition) is 1. The van der Waals surface area contributed by atoms with Crippen LogP contribution in [-0.4, -0.2) is 26.1 Å². The van der Waals surface area contributed by atoms with Crippen molar-refractivity contribution >= 4 is 11.9 Å². The van der Waals surface area contributed by atoms with Gasteiger partial charge >= 0.3 is 0 Å². The van der Waals surface area contributed by atoms with Crippen LogP contribution in [0.5, 0.6) is 11.5 Å². The van der Waals surface area contributed by atoms with Gasteiger partial charge in [0, 0.05) is 11.6 Å². The van der Waals surface area contributed by atoms with Crippen molar-refractivity contribution in [3.8, 4) is 11.5 Å². The first-order valence-electron chi connectivity index (χ1n) is 4.91. The van der Waals surface area contributed by atoms with Crippen molar-refractivity contribution in [3.05, 3.63) is 23.8 Å². The number of ether oxygens (including phenoxy) is 3. The number of hydrogen-bond acceptors (Lipinski definition) is 5. The van der Waals surface area contributed by atoms with Crippen LogP contribution < -0.4 is 15.2 Å². The van der Waals surface area contributed by atoms with Crippen LogP contribution in [-0.2, 0) is 9.53 Å². The maximum atomic E-state index is 11.5. The zero-order chi connectivity index (χ0) is 12.4.